The molecule has 2 heterocycles. The van der Waals surface area contributed by atoms with Crippen LogP contribution in [0, 0.1) is 0 Å². The largest absolute Gasteiger partial charge is 0.360 e. The molecule has 0 amide bonds. The van der Waals surface area contributed by atoms with Gasteiger partial charge in [-0.3, -0.25) is 0 Å². The molecule has 2 aromatic heterocycles. The van der Waals surface area contributed by atoms with Crippen LogP contribution in [0.25, 0.3) is 11.4 Å². The summed E-state index contributed by atoms with van der Waals surface area (Å²) >= 11 is 3.35. The Balaban J connectivity index is 2.53. The van der Waals surface area contributed by atoms with Crippen molar-refractivity contribution < 1.29 is 0 Å². The fraction of sp³-hybridized carbons (Fsp3) is 0. The quantitative estimate of drug-likeness (QED) is 0.747. The zero-order valence-corrected chi connectivity index (χ0v) is 7.22. The molecule has 56 valence electrons. The number of aromatic amines is 2. The van der Waals surface area contributed by atoms with Crippen molar-refractivity contribution in [1.82, 2.24) is 15.0 Å². The summed E-state index contributed by atoms with van der Waals surface area (Å²) in [5.41, 5.74) is 1.92. The summed E-state index contributed by atoms with van der Waals surface area (Å²) in [5, 5.41) is 0. The number of rotatable bonds is 1. The summed E-state index contributed by atoms with van der Waals surface area (Å²) in [6.07, 6.45) is 3.52. The van der Waals surface area contributed by atoms with E-state index in [2.05, 4.69) is 30.9 Å². The molecule has 0 spiro atoms. The molecule has 11 heavy (non-hydrogen) atoms. The minimum absolute atomic E-state index is 0.903. The SMILES string of the molecule is Brc1[nH]cnc1-c1ccc[nH]1. The van der Waals surface area contributed by atoms with E-state index in [1.165, 1.54) is 0 Å². The number of hydrogen-bond acceptors (Lipinski definition) is 1. The van der Waals surface area contributed by atoms with Crippen LogP contribution in [0.4, 0.5) is 0 Å². The first-order chi connectivity index (χ1) is 5.38. The lowest BCUT2D eigenvalue weighted by Gasteiger charge is -1.90. The molecule has 0 fully saturated rings. The van der Waals surface area contributed by atoms with Crippen LogP contribution in [0.1, 0.15) is 0 Å². The van der Waals surface area contributed by atoms with Crippen LogP contribution in [0.5, 0.6) is 0 Å². The first kappa shape index (κ1) is 6.67. The summed E-state index contributed by atoms with van der Waals surface area (Å²) in [6.45, 7) is 0. The Labute approximate surface area is 72.0 Å². The molecule has 0 saturated carbocycles. The average molecular weight is 212 g/mol. The Bertz CT molecular complexity index is 336. The highest BCUT2D eigenvalue weighted by molar-refractivity contribution is 9.10. The van der Waals surface area contributed by atoms with E-state index in [0.717, 1.165) is 16.0 Å². The second-order valence-corrected chi connectivity index (χ2v) is 2.94. The van der Waals surface area contributed by atoms with Crippen molar-refractivity contribution in [3.05, 3.63) is 29.3 Å². The predicted octanol–water partition coefficient (Wildman–Crippen LogP) is 2.17. The van der Waals surface area contributed by atoms with Gasteiger partial charge < -0.3 is 9.97 Å². The molecule has 0 bridgehead atoms. The van der Waals surface area contributed by atoms with Gasteiger partial charge in [-0.15, -0.1) is 0 Å². The maximum absolute atomic E-state index is 4.12. The van der Waals surface area contributed by atoms with E-state index in [4.69, 9.17) is 0 Å². The molecule has 3 nitrogen and oxygen atoms in total. The first-order valence-corrected chi connectivity index (χ1v) is 4.00. The van der Waals surface area contributed by atoms with Gasteiger partial charge in [-0.2, -0.15) is 0 Å². The normalized spacial score (nSPS) is 10.3. The van der Waals surface area contributed by atoms with E-state index in [9.17, 15) is 0 Å². The third kappa shape index (κ3) is 1.09. The number of halogens is 1. The Morgan fingerprint density at radius 2 is 2.27 bits per heavy atom. The average Bonchev–Trinajstić information content (AvgIpc) is 2.55. The molecule has 4 heteroatoms. The Hall–Kier alpha value is -1.03. The maximum Gasteiger partial charge on any atom is 0.119 e. The summed E-state index contributed by atoms with van der Waals surface area (Å²) in [5.74, 6) is 0. The highest BCUT2D eigenvalue weighted by Gasteiger charge is 2.04. The van der Waals surface area contributed by atoms with Gasteiger partial charge in [-0.1, -0.05) is 0 Å². The van der Waals surface area contributed by atoms with E-state index in [1.54, 1.807) is 6.33 Å². The third-order valence-electron chi connectivity index (χ3n) is 1.45. The smallest absolute Gasteiger partial charge is 0.119 e. The van der Waals surface area contributed by atoms with Crippen molar-refractivity contribution in [2.24, 2.45) is 0 Å². The predicted molar refractivity (Wildman–Crippen MR) is 46.1 cm³/mol. The van der Waals surface area contributed by atoms with Crippen LogP contribution in [0.15, 0.2) is 29.3 Å². The fourth-order valence-corrected chi connectivity index (χ4v) is 1.36. The second-order valence-electron chi connectivity index (χ2n) is 2.15. The van der Waals surface area contributed by atoms with Crippen molar-refractivity contribution >= 4 is 15.9 Å². The van der Waals surface area contributed by atoms with Crippen LogP contribution in [-0.2, 0) is 0 Å². The van der Waals surface area contributed by atoms with E-state index in [0.29, 0.717) is 0 Å². The lowest BCUT2D eigenvalue weighted by atomic mass is 10.3. The molecule has 0 atom stereocenters. The molecule has 0 saturated heterocycles. The molecule has 2 N–H and O–H groups in total. The van der Waals surface area contributed by atoms with Crippen LogP contribution < -0.4 is 0 Å². The van der Waals surface area contributed by atoms with Gasteiger partial charge in [0.2, 0.25) is 0 Å². The van der Waals surface area contributed by atoms with Crippen molar-refractivity contribution in [2.45, 2.75) is 0 Å². The Morgan fingerprint density at radius 1 is 1.36 bits per heavy atom. The molecule has 0 aliphatic carbocycles. The molecule has 0 aromatic carbocycles. The molecule has 0 aliphatic heterocycles. The van der Waals surface area contributed by atoms with Crippen LogP contribution in [-0.4, -0.2) is 15.0 Å². The van der Waals surface area contributed by atoms with Crippen LogP contribution >= 0.6 is 15.9 Å². The van der Waals surface area contributed by atoms with Gasteiger partial charge in [0, 0.05) is 6.20 Å². The Morgan fingerprint density at radius 3 is 2.82 bits per heavy atom. The van der Waals surface area contributed by atoms with Gasteiger partial charge in [0.15, 0.2) is 0 Å². The molecule has 0 radical (unpaired) electrons. The molecule has 0 unspecified atom stereocenters. The lowest BCUT2D eigenvalue weighted by molar-refractivity contribution is 1.29. The molecular weight excluding hydrogens is 206 g/mol. The lowest BCUT2D eigenvalue weighted by Crippen LogP contribution is -1.76. The highest BCUT2D eigenvalue weighted by atomic mass is 79.9. The number of hydrogen-bond donors (Lipinski definition) is 2. The summed E-state index contributed by atoms with van der Waals surface area (Å²) in [6, 6.07) is 3.91. The van der Waals surface area contributed by atoms with Gasteiger partial charge >= 0.3 is 0 Å². The standard InChI is InChI=1S/C7H6BrN3/c8-7-6(10-4-11-7)5-2-1-3-9-5/h1-4,9H,(H,10,11). The summed E-state index contributed by atoms with van der Waals surface area (Å²) < 4.78 is 0.903. The van der Waals surface area contributed by atoms with Crippen molar-refractivity contribution in [2.75, 3.05) is 0 Å². The van der Waals surface area contributed by atoms with Gasteiger partial charge in [-0.25, -0.2) is 4.98 Å². The topological polar surface area (TPSA) is 44.5 Å². The van der Waals surface area contributed by atoms with Crippen molar-refractivity contribution in [1.29, 1.82) is 0 Å². The zero-order valence-electron chi connectivity index (χ0n) is 5.63. The van der Waals surface area contributed by atoms with Gasteiger partial charge in [-0.05, 0) is 28.1 Å². The Kier molecular flexibility index (Phi) is 1.54. The minimum atomic E-state index is 0.903. The van der Waals surface area contributed by atoms with Crippen molar-refractivity contribution in [3.63, 3.8) is 0 Å². The summed E-state index contributed by atoms with van der Waals surface area (Å²) in [4.78, 5) is 10.1. The molecule has 2 aromatic rings. The number of imidazole rings is 1. The van der Waals surface area contributed by atoms with Gasteiger partial charge in [0.25, 0.3) is 0 Å². The molecule has 0 aliphatic rings. The van der Waals surface area contributed by atoms with Crippen molar-refractivity contribution in [3.8, 4) is 11.4 Å². The molecular formula is C7H6BrN3. The summed E-state index contributed by atoms with van der Waals surface area (Å²) in [7, 11) is 0. The third-order valence-corrected chi connectivity index (χ3v) is 2.05. The van der Waals surface area contributed by atoms with E-state index < -0.39 is 0 Å². The van der Waals surface area contributed by atoms with Crippen LogP contribution in [0.2, 0.25) is 0 Å². The number of aromatic nitrogens is 3. The number of nitrogens with zero attached hydrogens (tertiary/aromatic N) is 1. The number of nitrogens with one attached hydrogen (secondary N) is 2. The molecule has 2 rings (SSSR count). The van der Waals surface area contributed by atoms with E-state index in [1.807, 2.05) is 18.3 Å². The number of H-pyrrole nitrogens is 2. The van der Waals surface area contributed by atoms with Gasteiger partial charge in [0.1, 0.15) is 10.3 Å². The first-order valence-electron chi connectivity index (χ1n) is 3.20. The van der Waals surface area contributed by atoms with Gasteiger partial charge in [0.05, 0.1) is 12.0 Å². The minimum Gasteiger partial charge on any atom is -0.360 e. The van der Waals surface area contributed by atoms with E-state index >= 15 is 0 Å². The fourth-order valence-electron chi connectivity index (χ4n) is 0.944. The maximum atomic E-state index is 4.12. The van der Waals surface area contributed by atoms with E-state index in [-0.39, 0.29) is 0 Å². The highest BCUT2D eigenvalue weighted by Crippen LogP contribution is 2.21. The second kappa shape index (κ2) is 2.54. The van der Waals surface area contributed by atoms with Crippen LogP contribution in [0.3, 0.4) is 0 Å². The zero-order chi connectivity index (χ0) is 7.68. The monoisotopic (exact) mass is 211 g/mol.